The second-order valence-corrected chi connectivity index (χ2v) is 4.13. The molecule has 0 aliphatic carbocycles. The summed E-state index contributed by atoms with van der Waals surface area (Å²) in [6.45, 7) is 0.686. The molecule has 0 spiro atoms. The number of nitrogens with one attached hydrogen (secondary N) is 1. The Kier molecular flexibility index (Phi) is 3.03. The average molecular weight is 227 g/mol. The van der Waals surface area contributed by atoms with E-state index in [1.807, 2.05) is 12.1 Å². The van der Waals surface area contributed by atoms with Gasteiger partial charge in [0.15, 0.2) is 0 Å². The molecule has 0 saturated heterocycles. The smallest absolute Gasteiger partial charge is 0.142 e. The second kappa shape index (κ2) is 4.29. The second-order valence-electron chi connectivity index (χ2n) is 3.73. The molecule has 0 fully saturated rings. The zero-order valence-electron chi connectivity index (χ0n) is 8.72. The summed E-state index contributed by atoms with van der Waals surface area (Å²) < 4.78 is 5.29. The Labute approximate surface area is 94.6 Å². The van der Waals surface area contributed by atoms with Gasteiger partial charge < -0.3 is 15.8 Å². The van der Waals surface area contributed by atoms with Crippen molar-refractivity contribution in [2.24, 2.45) is 5.73 Å². The van der Waals surface area contributed by atoms with Crippen molar-refractivity contribution in [2.45, 2.75) is 18.9 Å². The highest BCUT2D eigenvalue weighted by Gasteiger charge is 2.25. The zero-order chi connectivity index (χ0) is 10.8. The summed E-state index contributed by atoms with van der Waals surface area (Å²) in [7, 11) is 1.67. The van der Waals surface area contributed by atoms with E-state index >= 15 is 0 Å². The first-order chi connectivity index (χ1) is 7.26. The first-order valence-electron chi connectivity index (χ1n) is 5.08. The lowest BCUT2D eigenvalue weighted by molar-refractivity contribution is 0.416. The minimum Gasteiger partial charge on any atom is -0.495 e. The van der Waals surface area contributed by atoms with Gasteiger partial charge in [0.25, 0.3) is 0 Å². The van der Waals surface area contributed by atoms with Crippen LogP contribution in [0, 0.1) is 0 Å². The zero-order valence-corrected chi connectivity index (χ0v) is 9.47. The highest BCUT2D eigenvalue weighted by Crippen LogP contribution is 2.39. The van der Waals surface area contributed by atoms with Crippen LogP contribution in [-0.4, -0.2) is 19.7 Å². The van der Waals surface area contributed by atoms with Gasteiger partial charge in [0.1, 0.15) is 5.75 Å². The van der Waals surface area contributed by atoms with Gasteiger partial charge in [0, 0.05) is 11.1 Å². The molecule has 15 heavy (non-hydrogen) atoms. The van der Waals surface area contributed by atoms with E-state index in [2.05, 4.69) is 5.32 Å². The molecule has 3 N–H and O–H groups in total. The molecule has 0 saturated carbocycles. The fourth-order valence-corrected chi connectivity index (χ4v) is 2.24. The monoisotopic (exact) mass is 226 g/mol. The third kappa shape index (κ3) is 1.90. The van der Waals surface area contributed by atoms with E-state index in [1.54, 1.807) is 7.11 Å². The molecule has 3 nitrogen and oxygen atoms in total. The SMILES string of the molecule is COc1ccc(Cl)c2c1NC(CCN)C2. The maximum Gasteiger partial charge on any atom is 0.142 e. The summed E-state index contributed by atoms with van der Waals surface area (Å²) in [6, 6.07) is 4.16. The number of hydrogen-bond donors (Lipinski definition) is 2. The van der Waals surface area contributed by atoms with Gasteiger partial charge in [-0.25, -0.2) is 0 Å². The molecule has 0 radical (unpaired) electrons. The standard InChI is InChI=1S/C11H15ClN2O/c1-15-10-3-2-9(12)8-6-7(4-5-13)14-11(8)10/h2-3,7,14H,4-6,13H2,1H3. The molecule has 1 atom stereocenters. The number of nitrogens with two attached hydrogens (primary N) is 1. The highest BCUT2D eigenvalue weighted by atomic mass is 35.5. The first kappa shape index (κ1) is 10.6. The van der Waals surface area contributed by atoms with Crippen LogP contribution < -0.4 is 15.8 Å². The van der Waals surface area contributed by atoms with Gasteiger partial charge in [-0.05, 0) is 37.1 Å². The molecule has 1 aliphatic rings. The van der Waals surface area contributed by atoms with Crippen LogP contribution >= 0.6 is 11.6 Å². The Morgan fingerprint density at radius 3 is 3.07 bits per heavy atom. The van der Waals surface area contributed by atoms with E-state index < -0.39 is 0 Å². The molecule has 1 aromatic carbocycles. The topological polar surface area (TPSA) is 47.3 Å². The van der Waals surface area contributed by atoms with Crippen LogP contribution in [0.3, 0.4) is 0 Å². The van der Waals surface area contributed by atoms with Gasteiger partial charge in [-0.3, -0.25) is 0 Å². The fourth-order valence-electron chi connectivity index (χ4n) is 2.01. The summed E-state index contributed by atoms with van der Waals surface area (Å²) in [5, 5.41) is 4.21. The van der Waals surface area contributed by atoms with Gasteiger partial charge in [-0.2, -0.15) is 0 Å². The summed E-state index contributed by atoms with van der Waals surface area (Å²) in [5.74, 6) is 0.855. The van der Waals surface area contributed by atoms with Crippen molar-refractivity contribution in [3.05, 3.63) is 22.7 Å². The third-order valence-electron chi connectivity index (χ3n) is 2.75. The molecule has 82 valence electrons. The minimum absolute atomic E-state index is 0.388. The quantitative estimate of drug-likeness (QED) is 0.829. The maximum absolute atomic E-state index is 6.14. The van der Waals surface area contributed by atoms with Gasteiger partial charge >= 0.3 is 0 Å². The number of rotatable bonds is 3. The van der Waals surface area contributed by atoms with E-state index in [1.165, 1.54) is 0 Å². The van der Waals surface area contributed by atoms with Crippen molar-refractivity contribution >= 4 is 17.3 Å². The van der Waals surface area contributed by atoms with Crippen molar-refractivity contribution < 1.29 is 4.74 Å². The Hall–Kier alpha value is -0.930. The molecular formula is C11H15ClN2O. The van der Waals surface area contributed by atoms with Crippen molar-refractivity contribution in [1.82, 2.24) is 0 Å². The summed E-state index contributed by atoms with van der Waals surface area (Å²) in [5.41, 5.74) is 7.73. The average Bonchev–Trinajstić information content (AvgIpc) is 2.64. The lowest BCUT2D eigenvalue weighted by atomic mass is 10.1. The van der Waals surface area contributed by atoms with E-state index in [9.17, 15) is 0 Å². The number of fused-ring (bicyclic) bond motifs is 1. The van der Waals surface area contributed by atoms with Crippen molar-refractivity contribution in [3.63, 3.8) is 0 Å². The normalized spacial score (nSPS) is 18.5. The van der Waals surface area contributed by atoms with Gasteiger partial charge in [0.2, 0.25) is 0 Å². The molecule has 1 aliphatic heterocycles. The Bertz CT molecular complexity index is 368. The van der Waals surface area contributed by atoms with Crippen LogP contribution in [0.5, 0.6) is 5.75 Å². The van der Waals surface area contributed by atoms with Crippen molar-refractivity contribution in [1.29, 1.82) is 0 Å². The molecule has 1 unspecified atom stereocenters. The van der Waals surface area contributed by atoms with Gasteiger partial charge in [0.05, 0.1) is 12.8 Å². The number of benzene rings is 1. The first-order valence-corrected chi connectivity index (χ1v) is 5.46. The van der Waals surface area contributed by atoms with Crippen LogP contribution in [0.15, 0.2) is 12.1 Å². The number of halogens is 1. The lowest BCUT2D eigenvalue weighted by Crippen LogP contribution is -2.19. The molecule has 4 heteroatoms. The summed E-state index contributed by atoms with van der Waals surface area (Å²) in [4.78, 5) is 0. The highest BCUT2D eigenvalue weighted by molar-refractivity contribution is 6.32. The molecular weight excluding hydrogens is 212 g/mol. The fraction of sp³-hybridized carbons (Fsp3) is 0.455. The van der Waals surface area contributed by atoms with Crippen LogP contribution in [0.2, 0.25) is 5.02 Å². The molecule has 1 heterocycles. The molecule has 0 amide bonds. The third-order valence-corrected chi connectivity index (χ3v) is 3.11. The van der Waals surface area contributed by atoms with E-state index in [4.69, 9.17) is 22.1 Å². The Morgan fingerprint density at radius 2 is 2.40 bits per heavy atom. The van der Waals surface area contributed by atoms with Gasteiger partial charge in [-0.1, -0.05) is 11.6 Å². The molecule has 2 rings (SSSR count). The number of anilines is 1. The molecule has 1 aromatic rings. The predicted octanol–water partition coefficient (Wildman–Crippen LogP) is 2.03. The van der Waals surface area contributed by atoms with E-state index in [-0.39, 0.29) is 0 Å². The van der Waals surface area contributed by atoms with E-state index in [0.29, 0.717) is 12.6 Å². The minimum atomic E-state index is 0.388. The summed E-state index contributed by atoms with van der Waals surface area (Å²) in [6.07, 6.45) is 1.89. The lowest BCUT2D eigenvalue weighted by Gasteiger charge is -2.10. The van der Waals surface area contributed by atoms with Crippen LogP contribution in [0.1, 0.15) is 12.0 Å². The number of methoxy groups -OCH3 is 1. The maximum atomic E-state index is 6.14. The molecule has 0 aromatic heterocycles. The number of ether oxygens (including phenoxy) is 1. The van der Waals surface area contributed by atoms with Crippen molar-refractivity contribution in [3.8, 4) is 5.75 Å². The van der Waals surface area contributed by atoms with Crippen molar-refractivity contribution in [2.75, 3.05) is 19.0 Å². The van der Waals surface area contributed by atoms with Crippen LogP contribution in [0.25, 0.3) is 0 Å². The largest absolute Gasteiger partial charge is 0.495 e. The predicted molar refractivity (Wildman–Crippen MR) is 62.8 cm³/mol. The Balaban J connectivity index is 2.30. The van der Waals surface area contributed by atoms with Gasteiger partial charge in [-0.15, -0.1) is 0 Å². The Morgan fingerprint density at radius 1 is 1.60 bits per heavy atom. The van der Waals surface area contributed by atoms with E-state index in [0.717, 1.165) is 34.9 Å². The molecule has 0 bridgehead atoms. The van der Waals surface area contributed by atoms with Crippen LogP contribution in [0.4, 0.5) is 5.69 Å². The van der Waals surface area contributed by atoms with Crippen LogP contribution in [-0.2, 0) is 6.42 Å². The number of hydrogen-bond acceptors (Lipinski definition) is 3. The summed E-state index contributed by atoms with van der Waals surface area (Å²) >= 11 is 6.14.